The summed E-state index contributed by atoms with van der Waals surface area (Å²) in [5.74, 6) is -1.27. The molecule has 4 bridgehead atoms. The first-order valence-corrected chi connectivity index (χ1v) is 10.3. The lowest BCUT2D eigenvalue weighted by Gasteiger charge is -2.71. The number of rotatable bonds is 1. The number of ether oxygens (including phenoxy) is 1. The fourth-order valence-electron chi connectivity index (χ4n) is 7.60. The van der Waals surface area contributed by atoms with E-state index < -0.39 is 40.2 Å². The van der Waals surface area contributed by atoms with Crippen molar-refractivity contribution in [1.29, 1.82) is 0 Å². The summed E-state index contributed by atoms with van der Waals surface area (Å²) in [6.45, 7) is 1.46. The van der Waals surface area contributed by atoms with E-state index in [4.69, 9.17) is 4.74 Å². The third-order valence-electron chi connectivity index (χ3n) is 9.00. The summed E-state index contributed by atoms with van der Waals surface area (Å²) in [5.41, 5.74) is -4.72. The second-order valence-electron chi connectivity index (χ2n) is 10.0. The second-order valence-corrected chi connectivity index (χ2v) is 10.0. The van der Waals surface area contributed by atoms with Crippen molar-refractivity contribution in [1.82, 2.24) is 4.90 Å². The second kappa shape index (κ2) is 5.00. The maximum atomic E-state index is 13.9. The smallest absolute Gasteiger partial charge is 0.417 e. The van der Waals surface area contributed by atoms with Gasteiger partial charge in [-0.3, -0.25) is 0 Å². The minimum absolute atomic E-state index is 0.00405. The summed E-state index contributed by atoms with van der Waals surface area (Å²) in [4.78, 5) is 2.18. The molecule has 3 unspecified atom stereocenters. The van der Waals surface area contributed by atoms with Crippen molar-refractivity contribution in [3.8, 4) is 11.5 Å². The zero-order chi connectivity index (χ0) is 21.5. The molecule has 8 heteroatoms. The van der Waals surface area contributed by atoms with E-state index >= 15 is 0 Å². The number of phenols is 1. The number of phenolic OH excluding ortho intramolecular Hbond substituents is 1. The Labute approximate surface area is 171 Å². The molecule has 1 aromatic rings. The first-order chi connectivity index (χ1) is 13.9. The van der Waals surface area contributed by atoms with Crippen LogP contribution in [0, 0.1) is 11.3 Å². The molecular weight excluding hydrogens is 399 g/mol. The number of fused-ring (bicyclic) bond motifs is 1. The fraction of sp³-hybridized carbons (Fsp3) is 0.636. The van der Waals surface area contributed by atoms with Gasteiger partial charge in [-0.05, 0) is 51.4 Å². The molecule has 2 aliphatic heterocycles. The van der Waals surface area contributed by atoms with Gasteiger partial charge in [-0.25, -0.2) is 0 Å². The van der Waals surface area contributed by atoms with Crippen LogP contribution in [0.2, 0.25) is 0 Å². The third kappa shape index (κ3) is 1.70. The largest absolute Gasteiger partial charge is 0.504 e. The molecule has 0 radical (unpaired) electrons. The van der Waals surface area contributed by atoms with Crippen LogP contribution in [-0.4, -0.2) is 63.3 Å². The maximum absolute atomic E-state index is 13.9. The molecule has 7 atom stereocenters. The first kappa shape index (κ1) is 19.0. The van der Waals surface area contributed by atoms with Gasteiger partial charge in [-0.2, -0.15) is 13.2 Å². The standard InChI is InChI=1S/C22H24F3NO4/c1-18(28,22(23,24)25)13-10-19-5-6-21(13,29)17-20(19)7-8-26(2)14(19)9-11-3-4-12(27)16(30-17)15(11)20/h3-6,13-14,17,27-29H,7-10H2,1-2H3/t13-,14?,17?,18?,19-,20+,21-/m1/s1. The molecule has 1 saturated carbocycles. The summed E-state index contributed by atoms with van der Waals surface area (Å²) in [7, 11) is 1.98. The topological polar surface area (TPSA) is 73.2 Å². The lowest BCUT2D eigenvalue weighted by atomic mass is 9.36. The Bertz CT molecular complexity index is 1010. The number of halogens is 3. The van der Waals surface area contributed by atoms with Crippen LogP contribution in [0.5, 0.6) is 11.5 Å². The summed E-state index contributed by atoms with van der Waals surface area (Å²) in [5, 5.41) is 32.9. The normalized spacial score (nSPS) is 45.1. The Balaban J connectivity index is 1.66. The summed E-state index contributed by atoms with van der Waals surface area (Å²) in [6.07, 6.45) is -1.38. The molecule has 2 fully saturated rings. The molecule has 30 heavy (non-hydrogen) atoms. The third-order valence-corrected chi connectivity index (χ3v) is 9.00. The van der Waals surface area contributed by atoms with Crippen molar-refractivity contribution in [3.63, 3.8) is 0 Å². The zero-order valence-corrected chi connectivity index (χ0v) is 16.7. The van der Waals surface area contributed by atoms with Crippen LogP contribution in [-0.2, 0) is 11.8 Å². The molecule has 162 valence electrons. The molecule has 1 aromatic carbocycles. The Hall–Kier alpha value is -1.77. The average molecular weight is 423 g/mol. The molecule has 3 N–H and O–H groups in total. The summed E-state index contributed by atoms with van der Waals surface area (Å²) in [6, 6.07) is 3.33. The Morgan fingerprint density at radius 1 is 1.23 bits per heavy atom. The predicted octanol–water partition coefficient (Wildman–Crippen LogP) is 2.27. The molecule has 4 aliphatic carbocycles. The number of aliphatic hydroxyl groups is 2. The summed E-state index contributed by atoms with van der Waals surface area (Å²) < 4.78 is 47.9. The molecule has 7 rings (SSSR count). The van der Waals surface area contributed by atoms with E-state index in [9.17, 15) is 28.5 Å². The van der Waals surface area contributed by atoms with Crippen LogP contribution in [0.4, 0.5) is 13.2 Å². The summed E-state index contributed by atoms with van der Waals surface area (Å²) >= 11 is 0. The van der Waals surface area contributed by atoms with E-state index in [0.717, 1.165) is 18.1 Å². The van der Waals surface area contributed by atoms with Crippen molar-refractivity contribution in [3.05, 3.63) is 35.4 Å². The Morgan fingerprint density at radius 2 is 1.97 bits per heavy atom. The number of benzene rings is 1. The van der Waals surface area contributed by atoms with Crippen LogP contribution in [0.25, 0.3) is 0 Å². The Kier molecular flexibility index (Phi) is 3.16. The molecular formula is C22H24F3NO4. The van der Waals surface area contributed by atoms with Crippen LogP contribution in [0.15, 0.2) is 24.3 Å². The van der Waals surface area contributed by atoms with E-state index in [1.165, 1.54) is 6.08 Å². The molecule has 2 spiro atoms. The van der Waals surface area contributed by atoms with Gasteiger partial charge in [-0.15, -0.1) is 0 Å². The fourth-order valence-corrected chi connectivity index (χ4v) is 7.60. The molecule has 0 amide bonds. The van der Waals surface area contributed by atoms with Gasteiger partial charge in [0.05, 0.1) is 5.41 Å². The molecule has 2 heterocycles. The maximum Gasteiger partial charge on any atom is 0.417 e. The van der Waals surface area contributed by atoms with Crippen molar-refractivity contribution in [2.75, 3.05) is 13.6 Å². The molecule has 6 aliphatic rings. The SMILES string of the molecule is CN1CC[C@]23c4c5ccc(O)c4OC2[C@@]2(O)C=C[C@@]3(C[C@@H]2C(C)(O)C(F)(F)F)C1C5. The van der Waals surface area contributed by atoms with Gasteiger partial charge in [-0.1, -0.05) is 18.2 Å². The van der Waals surface area contributed by atoms with E-state index in [2.05, 4.69) is 4.90 Å². The highest BCUT2D eigenvalue weighted by atomic mass is 19.4. The van der Waals surface area contributed by atoms with Gasteiger partial charge >= 0.3 is 6.18 Å². The molecule has 5 nitrogen and oxygen atoms in total. The monoisotopic (exact) mass is 423 g/mol. The predicted molar refractivity (Wildman–Crippen MR) is 100 cm³/mol. The number of nitrogens with zero attached hydrogens (tertiary/aromatic N) is 1. The molecule has 0 aromatic heterocycles. The highest BCUT2D eigenvalue weighted by Crippen LogP contribution is 2.75. The van der Waals surface area contributed by atoms with Crippen LogP contribution < -0.4 is 4.74 Å². The molecule has 1 saturated heterocycles. The number of hydrogen-bond acceptors (Lipinski definition) is 5. The van der Waals surface area contributed by atoms with E-state index in [0.29, 0.717) is 19.4 Å². The zero-order valence-electron chi connectivity index (χ0n) is 16.7. The van der Waals surface area contributed by atoms with Gasteiger partial charge in [0, 0.05) is 22.9 Å². The number of likely N-dealkylation sites (tertiary alicyclic amines) is 1. The van der Waals surface area contributed by atoms with E-state index in [1.807, 2.05) is 19.2 Å². The van der Waals surface area contributed by atoms with Crippen LogP contribution >= 0.6 is 0 Å². The number of piperidine rings is 1. The van der Waals surface area contributed by atoms with Crippen molar-refractivity contribution in [2.45, 2.75) is 61.1 Å². The van der Waals surface area contributed by atoms with Crippen molar-refractivity contribution in [2.24, 2.45) is 11.3 Å². The van der Waals surface area contributed by atoms with Crippen LogP contribution in [0.3, 0.4) is 0 Å². The van der Waals surface area contributed by atoms with E-state index in [-0.39, 0.29) is 24.0 Å². The van der Waals surface area contributed by atoms with Crippen LogP contribution in [0.1, 0.15) is 30.9 Å². The van der Waals surface area contributed by atoms with E-state index in [1.54, 1.807) is 6.07 Å². The quantitative estimate of drug-likeness (QED) is 0.605. The minimum atomic E-state index is -4.91. The van der Waals surface area contributed by atoms with Crippen molar-refractivity contribution >= 4 is 0 Å². The number of likely N-dealkylation sites (N-methyl/N-ethyl adjacent to an activating group) is 1. The van der Waals surface area contributed by atoms with Gasteiger partial charge in [0.1, 0.15) is 11.7 Å². The number of hydrogen-bond donors (Lipinski definition) is 3. The lowest BCUT2D eigenvalue weighted by molar-refractivity contribution is -0.318. The highest BCUT2D eigenvalue weighted by molar-refractivity contribution is 5.65. The number of alkyl halides is 3. The Morgan fingerprint density at radius 3 is 2.67 bits per heavy atom. The number of aromatic hydroxyl groups is 1. The average Bonchev–Trinajstić information content (AvgIpc) is 3.03. The lowest BCUT2D eigenvalue weighted by Crippen LogP contribution is -2.81. The van der Waals surface area contributed by atoms with Gasteiger partial charge in [0.2, 0.25) is 0 Å². The highest BCUT2D eigenvalue weighted by Gasteiger charge is 2.81. The van der Waals surface area contributed by atoms with Gasteiger partial charge in [0.15, 0.2) is 17.1 Å². The van der Waals surface area contributed by atoms with Gasteiger partial charge in [0.25, 0.3) is 0 Å². The van der Waals surface area contributed by atoms with Gasteiger partial charge < -0.3 is 25.0 Å². The minimum Gasteiger partial charge on any atom is -0.504 e. The van der Waals surface area contributed by atoms with Crippen molar-refractivity contribution < 1.29 is 33.2 Å². The first-order valence-electron chi connectivity index (χ1n) is 10.3.